The molecule has 4 nitrogen and oxygen atoms in total. The minimum Gasteiger partial charge on any atom is -0.426 e. The predicted molar refractivity (Wildman–Crippen MR) is 129 cm³/mol. The largest absolute Gasteiger partial charge is 0.426 e. The third-order valence-electron chi connectivity index (χ3n) is 8.20. The van der Waals surface area contributed by atoms with Gasteiger partial charge in [-0.1, -0.05) is 35.9 Å². The standard InChI is InChI=1S/C28H32ClNO3/c1-18-3-4-20(12-25(18)33-19(2)31)9-10-30-26(32)28-15-21-11-22(16-28)14-27(13-21,17-28)23-5-7-24(29)8-6-23/h3-8,12,21-22H,9-11,13-17H2,1-2H3,(H,30,32). The van der Waals surface area contributed by atoms with Crippen LogP contribution in [0.4, 0.5) is 0 Å². The highest BCUT2D eigenvalue weighted by Gasteiger charge is 2.60. The van der Waals surface area contributed by atoms with Crippen LogP contribution in [0.3, 0.4) is 0 Å². The van der Waals surface area contributed by atoms with E-state index in [1.807, 2.05) is 37.3 Å². The monoisotopic (exact) mass is 465 g/mol. The number of ether oxygens (including phenoxy) is 1. The van der Waals surface area contributed by atoms with E-state index >= 15 is 0 Å². The maximum absolute atomic E-state index is 13.6. The molecule has 33 heavy (non-hydrogen) atoms. The molecular formula is C28H32ClNO3. The number of carbonyl (C=O) groups excluding carboxylic acids is 2. The highest BCUT2D eigenvalue weighted by Crippen LogP contribution is 2.65. The Kier molecular flexibility index (Phi) is 5.76. The zero-order chi connectivity index (χ0) is 23.2. The first-order chi connectivity index (χ1) is 15.8. The third-order valence-corrected chi connectivity index (χ3v) is 8.46. The van der Waals surface area contributed by atoms with Gasteiger partial charge in [-0.2, -0.15) is 0 Å². The molecule has 0 aliphatic heterocycles. The molecule has 0 heterocycles. The lowest BCUT2D eigenvalue weighted by atomic mass is 9.42. The van der Waals surface area contributed by atoms with Gasteiger partial charge in [0, 0.05) is 18.5 Å². The van der Waals surface area contributed by atoms with Crippen LogP contribution in [0.25, 0.3) is 0 Å². The summed E-state index contributed by atoms with van der Waals surface area (Å²) in [6.07, 6.45) is 7.36. The Labute approximate surface area is 201 Å². The Hall–Kier alpha value is -2.33. The fraction of sp³-hybridized carbons (Fsp3) is 0.500. The van der Waals surface area contributed by atoms with E-state index in [-0.39, 0.29) is 22.7 Å². The molecule has 2 unspecified atom stereocenters. The van der Waals surface area contributed by atoms with Crippen molar-refractivity contribution in [3.05, 3.63) is 64.2 Å². The van der Waals surface area contributed by atoms with Crippen molar-refractivity contribution in [1.29, 1.82) is 0 Å². The second-order valence-electron chi connectivity index (χ2n) is 10.7. The van der Waals surface area contributed by atoms with Crippen LogP contribution in [0.2, 0.25) is 5.02 Å². The number of carbonyl (C=O) groups is 2. The van der Waals surface area contributed by atoms with E-state index in [1.54, 1.807) is 0 Å². The van der Waals surface area contributed by atoms with E-state index in [0.29, 0.717) is 30.6 Å². The highest BCUT2D eigenvalue weighted by molar-refractivity contribution is 6.30. The van der Waals surface area contributed by atoms with Gasteiger partial charge < -0.3 is 10.1 Å². The van der Waals surface area contributed by atoms with Crippen molar-refractivity contribution in [2.45, 2.75) is 64.2 Å². The zero-order valence-corrected chi connectivity index (χ0v) is 20.2. The molecule has 4 bridgehead atoms. The molecule has 2 aromatic rings. The topological polar surface area (TPSA) is 55.4 Å². The molecule has 2 atom stereocenters. The maximum atomic E-state index is 13.6. The Morgan fingerprint density at radius 2 is 1.76 bits per heavy atom. The van der Waals surface area contributed by atoms with E-state index in [1.165, 1.54) is 31.7 Å². The molecule has 4 aliphatic carbocycles. The summed E-state index contributed by atoms with van der Waals surface area (Å²) in [5.41, 5.74) is 3.21. The summed E-state index contributed by atoms with van der Waals surface area (Å²) in [5, 5.41) is 4.04. The van der Waals surface area contributed by atoms with Crippen LogP contribution < -0.4 is 10.1 Å². The lowest BCUT2D eigenvalue weighted by Gasteiger charge is -2.61. The molecule has 4 fully saturated rings. The minimum atomic E-state index is -0.319. The van der Waals surface area contributed by atoms with Gasteiger partial charge >= 0.3 is 5.97 Å². The van der Waals surface area contributed by atoms with Crippen LogP contribution in [0.5, 0.6) is 5.75 Å². The third kappa shape index (κ3) is 4.30. The molecule has 0 spiro atoms. The first kappa shape index (κ1) is 22.5. The van der Waals surface area contributed by atoms with Gasteiger partial charge in [0.05, 0.1) is 5.41 Å². The van der Waals surface area contributed by atoms with Crippen molar-refractivity contribution >= 4 is 23.5 Å². The normalized spacial score (nSPS) is 29.7. The molecule has 6 rings (SSSR count). The second-order valence-corrected chi connectivity index (χ2v) is 11.2. The molecule has 1 amide bonds. The Morgan fingerprint density at radius 1 is 1.06 bits per heavy atom. The lowest BCUT2D eigenvalue weighted by Crippen LogP contribution is -2.59. The number of hydrogen-bond acceptors (Lipinski definition) is 3. The van der Waals surface area contributed by atoms with Crippen LogP contribution in [0.1, 0.15) is 62.1 Å². The van der Waals surface area contributed by atoms with Crippen molar-refractivity contribution in [1.82, 2.24) is 5.32 Å². The fourth-order valence-electron chi connectivity index (χ4n) is 7.24. The minimum absolute atomic E-state index is 0.113. The van der Waals surface area contributed by atoms with Crippen LogP contribution in [0.15, 0.2) is 42.5 Å². The maximum Gasteiger partial charge on any atom is 0.308 e. The number of hydrogen-bond donors (Lipinski definition) is 1. The predicted octanol–water partition coefficient (Wildman–Crippen LogP) is 5.77. The van der Waals surface area contributed by atoms with Gasteiger partial charge in [-0.3, -0.25) is 9.59 Å². The molecule has 5 heteroatoms. The van der Waals surface area contributed by atoms with E-state index in [4.69, 9.17) is 16.3 Å². The molecule has 0 radical (unpaired) electrons. The van der Waals surface area contributed by atoms with Crippen LogP contribution in [0, 0.1) is 24.2 Å². The van der Waals surface area contributed by atoms with Gasteiger partial charge in [0.1, 0.15) is 5.75 Å². The number of rotatable bonds is 6. The molecule has 0 aromatic heterocycles. The summed E-state index contributed by atoms with van der Waals surface area (Å²) in [5.74, 6) is 1.77. The number of aryl methyl sites for hydroxylation is 1. The summed E-state index contributed by atoms with van der Waals surface area (Å²) in [4.78, 5) is 24.9. The van der Waals surface area contributed by atoms with Crippen molar-refractivity contribution in [3.63, 3.8) is 0 Å². The SMILES string of the molecule is CC(=O)Oc1cc(CCNC(=O)C23CC4CC(C2)CC(c2ccc(Cl)cc2)(C4)C3)ccc1C. The van der Waals surface area contributed by atoms with E-state index in [2.05, 4.69) is 17.4 Å². The number of benzene rings is 2. The van der Waals surface area contributed by atoms with E-state index in [9.17, 15) is 9.59 Å². The molecule has 0 saturated heterocycles. The van der Waals surface area contributed by atoms with Crippen LogP contribution in [-0.4, -0.2) is 18.4 Å². The van der Waals surface area contributed by atoms with Crippen molar-refractivity contribution in [2.24, 2.45) is 17.3 Å². The Morgan fingerprint density at radius 3 is 2.42 bits per heavy atom. The smallest absolute Gasteiger partial charge is 0.308 e. The summed E-state index contributed by atoms with van der Waals surface area (Å²) in [7, 11) is 0. The summed E-state index contributed by atoms with van der Waals surface area (Å²) >= 11 is 6.16. The van der Waals surface area contributed by atoms with Crippen molar-refractivity contribution in [2.75, 3.05) is 6.54 Å². The van der Waals surface area contributed by atoms with Crippen LogP contribution in [-0.2, 0) is 21.4 Å². The summed E-state index contributed by atoms with van der Waals surface area (Å²) in [6, 6.07) is 14.3. The number of halogens is 1. The van der Waals surface area contributed by atoms with Crippen molar-refractivity contribution < 1.29 is 14.3 Å². The first-order valence-electron chi connectivity index (χ1n) is 12.1. The van der Waals surface area contributed by atoms with Gasteiger partial charge in [0.15, 0.2) is 0 Å². The second kappa shape index (κ2) is 8.47. The quantitative estimate of drug-likeness (QED) is 0.435. The number of nitrogens with one attached hydrogen (secondary N) is 1. The molecule has 1 N–H and O–H groups in total. The Balaban J connectivity index is 1.28. The zero-order valence-electron chi connectivity index (χ0n) is 19.5. The molecule has 2 aromatic carbocycles. The van der Waals surface area contributed by atoms with Gasteiger partial charge in [-0.15, -0.1) is 0 Å². The number of esters is 1. The fourth-order valence-corrected chi connectivity index (χ4v) is 7.37. The summed E-state index contributed by atoms with van der Waals surface area (Å²) in [6.45, 7) is 3.93. The number of amides is 1. The van der Waals surface area contributed by atoms with Crippen LogP contribution >= 0.6 is 11.6 Å². The average molecular weight is 466 g/mol. The van der Waals surface area contributed by atoms with E-state index in [0.717, 1.165) is 35.4 Å². The molecule has 4 aliphatic rings. The van der Waals surface area contributed by atoms with Gasteiger partial charge in [0.25, 0.3) is 0 Å². The first-order valence-corrected chi connectivity index (χ1v) is 12.5. The molecule has 174 valence electrons. The molecule has 4 saturated carbocycles. The Bertz CT molecular complexity index is 1060. The molecular weight excluding hydrogens is 434 g/mol. The van der Waals surface area contributed by atoms with Crippen molar-refractivity contribution in [3.8, 4) is 5.75 Å². The summed E-state index contributed by atoms with van der Waals surface area (Å²) < 4.78 is 5.30. The lowest BCUT2D eigenvalue weighted by molar-refractivity contribution is -0.149. The van der Waals surface area contributed by atoms with Gasteiger partial charge in [-0.25, -0.2) is 0 Å². The average Bonchev–Trinajstić information content (AvgIpc) is 2.75. The van der Waals surface area contributed by atoms with Gasteiger partial charge in [-0.05, 0) is 104 Å². The van der Waals surface area contributed by atoms with Gasteiger partial charge in [0.2, 0.25) is 5.91 Å². The van der Waals surface area contributed by atoms with E-state index < -0.39 is 0 Å². The highest BCUT2D eigenvalue weighted by atomic mass is 35.5.